The maximum absolute atomic E-state index is 15.5. The second kappa shape index (κ2) is 11.5. The van der Waals surface area contributed by atoms with Crippen LogP contribution in [0, 0.1) is 0 Å². The third kappa shape index (κ3) is 5.79. The van der Waals surface area contributed by atoms with Crippen LogP contribution in [0.1, 0.15) is 45.8 Å². The summed E-state index contributed by atoms with van der Waals surface area (Å²) in [5, 5.41) is 1.73. The number of ether oxygens (including phenoxy) is 2. The van der Waals surface area contributed by atoms with Gasteiger partial charge in [-0.2, -0.15) is 0 Å². The quantitative estimate of drug-likeness (QED) is 0.287. The molecule has 0 N–H and O–H groups in total. The van der Waals surface area contributed by atoms with Crippen LogP contribution in [0.3, 0.4) is 0 Å². The molecule has 1 aliphatic carbocycles. The van der Waals surface area contributed by atoms with Gasteiger partial charge in [-0.1, -0.05) is 112 Å². The Morgan fingerprint density at radius 1 is 0.868 bits per heavy atom. The monoisotopic (exact) mass is 532 g/mol. The van der Waals surface area contributed by atoms with Gasteiger partial charge in [-0.3, -0.25) is 4.79 Å². The first kappa shape index (κ1) is 27.5. The molecule has 0 amide bonds. The summed E-state index contributed by atoms with van der Waals surface area (Å²) in [7, 11) is -3.01. The van der Waals surface area contributed by atoms with E-state index in [4.69, 9.17) is 13.9 Å². The summed E-state index contributed by atoms with van der Waals surface area (Å²) in [6, 6.07) is 28.6. The summed E-state index contributed by atoms with van der Waals surface area (Å²) >= 11 is 0. The van der Waals surface area contributed by atoms with Crippen molar-refractivity contribution in [1.29, 1.82) is 0 Å². The Hall–Kier alpha value is -3.55. The third-order valence-electron chi connectivity index (χ3n) is 6.70. The molecule has 0 spiro atoms. The number of carbonyl (C=O) groups is 2. The van der Waals surface area contributed by atoms with E-state index < -0.39 is 44.4 Å². The third-order valence-corrected chi connectivity index (χ3v) is 11.7. The van der Waals surface area contributed by atoms with E-state index in [9.17, 15) is 9.59 Å². The average Bonchev–Trinajstić information content (AvgIpc) is 3.24. The van der Waals surface area contributed by atoms with Gasteiger partial charge in [-0.25, -0.2) is 9.18 Å². The van der Waals surface area contributed by atoms with Gasteiger partial charge in [0, 0.05) is 18.9 Å². The van der Waals surface area contributed by atoms with Crippen molar-refractivity contribution in [3.05, 3.63) is 108 Å². The minimum Gasteiger partial charge on any atom is -0.455 e. The van der Waals surface area contributed by atoms with Crippen LogP contribution in [0.2, 0.25) is 5.04 Å². The van der Waals surface area contributed by atoms with Crippen molar-refractivity contribution in [3.63, 3.8) is 0 Å². The highest BCUT2D eigenvalue weighted by atomic mass is 28.4. The van der Waals surface area contributed by atoms with Crippen LogP contribution in [-0.4, -0.2) is 32.5 Å². The Morgan fingerprint density at radius 3 is 1.84 bits per heavy atom. The van der Waals surface area contributed by atoms with Crippen molar-refractivity contribution >= 4 is 30.6 Å². The summed E-state index contributed by atoms with van der Waals surface area (Å²) in [5.74, 6) is -1.84. The van der Waals surface area contributed by atoms with E-state index in [0.29, 0.717) is 5.56 Å². The smallest absolute Gasteiger partial charge is 0.352 e. The van der Waals surface area contributed by atoms with Crippen molar-refractivity contribution in [2.45, 2.75) is 57.5 Å². The first-order valence-corrected chi connectivity index (χ1v) is 14.6. The second-order valence-electron chi connectivity index (χ2n) is 10.4. The van der Waals surface area contributed by atoms with E-state index in [0.717, 1.165) is 10.4 Å². The molecule has 5 nitrogen and oxygen atoms in total. The average molecular weight is 533 g/mol. The highest BCUT2D eigenvalue weighted by molar-refractivity contribution is 6.99. The number of rotatable bonds is 8. The van der Waals surface area contributed by atoms with Gasteiger partial charge in [0.2, 0.25) is 6.10 Å². The lowest BCUT2D eigenvalue weighted by molar-refractivity contribution is -0.169. The molecule has 38 heavy (non-hydrogen) atoms. The largest absolute Gasteiger partial charge is 0.455 e. The molecular weight excluding hydrogens is 499 g/mol. The molecule has 0 heterocycles. The van der Waals surface area contributed by atoms with E-state index >= 15 is 4.39 Å². The lowest BCUT2D eigenvalue weighted by atomic mass is 10.1. The van der Waals surface area contributed by atoms with E-state index in [2.05, 4.69) is 20.8 Å². The molecule has 0 fully saturated rings. The molecule has 0 aliphatic heterocycles. The Morgan fingerprint density at radius 2 is 1.37 bits per heavy atom. The zero-order chi connectivity index (χ0) is 27.3. The summed E-state index contributed by atoms with van der Waals surface area (Å²) in [4.78, 5) is 24.7. The number of benzene rings is 3. The SMILES string of the molecule is CC(=O)O[C@@H](C(=O)O[C@H]1C=C(F)[C@@H](O[Si](c2ccccc2)(c2ccccc2)C(C)(C)C)C1)c1ccccc1. The molecule has 7 heteroatoms. The van der Waals surface area contributed by atoms with E-state index in [1.807, 2.05) is 60.7 Å². The van der Waals surface area contributed by atoms with E-state index in [1.165, 1.54) is 13.0 Å². The number of hydrogen-bond donors (Lipinski definition) is 0. The van der Waals surface area contributed by atoms with Crippen LogP contribution < -0.4 is 10.4 Å². The Kier molecular flexibility index (Phi) is 8.28. The second-order valence-corrected chi connectivity index (χ2v) is 14.7. The first-order chi connectivity index (χ1) is 18.1. The van der Waals surface area contributed by atoms with Crippen LogP contribution in [0.15, 0.2) is 103 Å². The van der Waals surface area contributed by atoms with Crippen molar-refractivity contribution in [2.75, 3.05) is 0 Å². The Bertz CT molecular complexity index is 1230. The lowest BCUT2D eigenvalue weighted by Gasteiger charge is -2.44. The molecule has 0 unspecified atom stereocenters. The van der Waals surface area contributed by atoms with E-state index in [1.54, 1.807) is 30.3 Å². The summed E-state index contributed by atoms with van der Waals surface area (Å²) < 4.78 is 33.2. The fourth-order valence-corrected chi connectivity index (χ4v) is 9.68. The number of halogens is 1. The van der Waals surface area contributed by atoms with Crippen LogP contribution in [0.4, 0.5) is 4.39 Å². The fraction of sp³-hybridized carbons (Fsp3) is 0.290. The topological polar surface area (TPSA) is 61.8 Å². The number of hydrogen-bond acceptors (Lipinski definition) is 5. The van der Waals surface area contributed by atoms with Gasteiger partial charge in [0.05, 0.1) is 0 Å². The van der Waals surface area contributed by atoms with Gasteiger partial charge in [-0.05, 0) is 21.5 Å². The fourth-order valence-electron chi connectivity index (χ4n) is 5.02. The molecule has 0 radical (unpaired) electrons. The van der Waals surface area contributed by atoms with Gasteiger partial charge < -0.3 is 13.9 Å². The molecule has 3 aromatic carbocycles. The predicted octanol–water partition coefficient (Wildman–Crippen LogP) is 5.40. The van der Waals surface area contributed by atoms with Crippen LogP contribution in [0.5, 0.6) is 0 Å². The van der Waals surface area contributed by atoms with Gasteiger partial charge in [-0.15, -0.1) is 0 Å². The predicted molar refractivity (Wildman–Crippen MR) is 147 cm³/mol. The highest BCUT2D eigenvalue weighted by Gasteiger charge is 2.52. The van der Waals surface area contributed by atoms with Gasteiger partial charge in [0.1, 0.15) is 18.0 Å². The zero-order valence-electron chi connectivity index (χ0n) is 22.1. The van der Waals surface area contributed by atoms with Crippen LogP contribution >= 0.6 is 0 Å². The minimum absolute atomic E-state index is 0.129. The molecule has 0 saturated carbocycles. The molecule has 3 atom stereocenters. The first-order valence-electron chi connectivity index (χ1n) is 12.7. The zero-order valence-corrected chi connectivity index (χ0v) is 23.1. The number of carbonyl (C=O) groups excluding carboxylic acids is 2. The molecule has 0 aromatic heterocycles. The Balaban J connectivity index is 1.61. The van der Waals surface area contributed by atoms with Crippen molar-refractivity contribution in [3.8, 4) is 0 Å². The van der Waals surface area contributed by atoms with Crippen LogP contribution in [-0.2, 0) is 23.5 Å². The number of esters is 2. The van der Waals surface area contributed by atoms with Crippen molar-refractivity contribution < 1.29 is 27.9 Å². The molecule has 198 valence electrons. The molecule has 1 aliphatic rings. The molecular formula is C31H33FO5Si. The maximum Gasteiger partial charge on any atom is 0.352 e. The van der Waals surface area contributed by atoms with Gasteiger partial charge >= 0.3 is 11.9 Å². The maximum atomic E-state index is 15.5. The summed E-state index contributed by atoms with van der Waals surface area (Å²) in [5.41, 5.74) is 0.482. The normalized spacial score (nSPS) is 18.4. The van der Waals surface area contributed by atoms with Crippen molar-refractivity contribution in [2.24, 2.45) is 0 Å². The van der Waals surface area contributed by atoms with E-state index in [-0.39, 0.29) is 11.5 Å². The highest BCUT2D eigenvalue weighted by Crippen LogP contribution is 2.40. The minimum atomic E-state index is -3.01. The Labute approximate surface area is 224 Å². The lowest BCUT2D eigenvalue weighted by Crippen LogP contribution is -2.67. The molecule has 3 aromatic rings. The summed E-state index contributed by atoms with van der Waals surface area (Å²) in [6.45, 7) is 7.59. The van der Waals surface area contributed by atoms with Crippen LogP contribution in [0.25, 0.3) is 0 Å². The standard InChI is InChI=1S/C31H33FO5Si/c1-22(33)35-29(23-14-8-5-9-15-23)30(34)36-24-20-27(32)28(21-24)37-38(31(2,3)4,25-16-10-6-11-17-25)26-18-12-7-13-19-26/h5-20,24,28-29H,21H2,1-4H3/t24-,28-,29+/m0/s1. The molecule has 0 bridgehead atoms. The van der Waals surface area contributed by atoms with Gasteiger partial charge in [0.25, 0.3) is 8.32 Å². The molecule has 4 rings (SSSR count). The van der Waals surface area contributed by atoms with Crippen molar-refractivity contribution in [1.82, 2.24) is 0 Å². The molecule has 0 saturated heterocycles. The van der Waals surface area contributed by atoms with Gasteiger partial charge in [0.15, 0.2) is 0 Å². The summed E-state index contributed by atoms with van der Waals surface area (Å²) in [6.07, 6.45) is -1.56.